The summed E-state index contributed by atoms with van der Waals surface area (Å²) in [6.07, 6.45) is 6.34. The number of pyridine rings is 1. The third-order valence-electron chi connectivity index (χ3n) is 4.19. The summed E-state index contributed by atoms with van der Waals surface area (Å²) in [5, 5.41) is 4.10. The van der Waals surface area contributed by atoms with E-state index in [1.165, 1.54) is 23.1 Å². The summed E-state index contributed by atoms with van der Waals surface area (Å²) in [6.45, 7) is 2.20. The Bertz CT molecular complexity index is 801. The van der Waals surface area contributed by atoms with Gasteiger partial charge in [0.15, 0.2) is 0 Å². The van der Waals surface area contributed by atoms with E-state index in [1.54, 1.807) is 18.3 Å². The van der Waals surface area contributed by atoms with Crippen LogP contribution in [0.1, 0.15) is 44.5 Å². The zero-order valence-electron chi connectivity index (χ0n) is 13.6. The van der Waals surface area contributed by atoms with Crippen molar-refractivity contribution in [2.45, 2.75) is 31.2 Å². The average Bonchev–Trinajstić information content (AvgIpc) is 2.91. The molecule has 3 rings (SSSR count). The molecule has 7 heteroatoms. The van der Waals surface area contributed by atoms with Gasteiger partial charge in [0.2, 0.25) is 0 Å². The molecule has 1 atom stereocenters. The molecule has 2 aromatic heterocycles. The van der Waals surface area contributed by atoms with E-state index in [1.807, 2.05) is 6.26 Å². The van der Waals surface area contributed by atoms with Crippen molar-refractivity contribution in [3.8, 4) is 0 Å². The molecule has 24 heavy (non-hydrogen) atoms. The summed E-state index contributed by atoms with van der Waals surface area (Å²) in [5.74, 6) is -0.155. The maximum Gasteiger partial charge on any atom is 0.259 e. The Morgan fingerprint density at radius 1 is 1.46 bits per heavy atom. The second kappa shape index (κ2) is 6.94. The Morgan fingerprint density at radius 3 is 2.96 bits per heavy atom. The number of rotatable bonds is 4. The summed E-state index contributed by atoms with van der Waals surface area (Å²) in [7, 11) is 0. The predicted octanol–water partition coefficient (Wildman–Crippen LogP) is 3.34. The summed E-state index contributed by atoms with van der Waals surface area (Å²) in [5.41, 5.74) is 7.58. The van der Waals surface area contributed by atoms with Crippen molar-refractivity contribution in [2.24, 2.45) is 11.7 Å². The molecule has 2 amide bonds. The first-order valence-electron chi connectivity index (χ1n) is 7.76. The molecule has 2 heterocycles. The number of thioether (sulfide) groups is 1. The van der Waals surface area contributed by atoms with Gasteiger partial charge in [-0.25, -0.2) is 4.98 Å². The van der Waals surface area contributed by atoms with Crippen molar-refractivity contribution in [1.82, 2.24) is 4.98 Å². The lowest BCUT2D eigenvalue weighted by Gasteiger charge is -2.18. The summed E-state index contributed by atoms with van der Waals surface area (Å²) in [6, 6.07) is 3.46. The lowest BCUT2D eigenvalue weighted by atomic mass is 9.88. The topological polar surface area (TPSA) is 85.1 Å². The molecule has 0 spiro atoms. The lowest BCUT2D eigenvalue weighted by Crippen LogP contribution is -2.19. The van der Waals surface area contributed by atoms with Crippen LogP contribution in [0.5, 0.6) is 0 Å². The first kappa shape index (κ1) is 17.0. The minimum atomic E-state index is -0.478. The summed E-state index contributed by atoms with van der Waals surface area (Å²) < 4.78 is 0. The van der Waals surface area contributed by atoms with Gasteiger partial charge < -0.3 is 11.1 Å². The fraction of sp³-hybridized carbons (Fsp3) is 0.353. The van der Waals surface area contributed by atoms with Gasteiger partial charge in [0.25, 0.3) is 11.8 Å². The number of aromatic nitrogens is 1. The van der Waals surface area contributed by atoms with Gasteiger partial charge >= 0.3 is 0 Å². The van der Waals surface area contributed by atoms with Crippen LogP contribution in [0.2, 0.25) is 0 Å². The van der Waals surface area contributed by atoms with Crippen molar-refractivity contribution >= 4 is 39.9 Å². The molecule has 0 radical (unpaired) electrons. The highest BCUT2D eigenvalue weighted by Crippen LogP contribution is 2.39. The molecule has 0 aromatic carbocycles. The Hall–Kier alpha value is -1.86. The third kappa shape index (κ3) is 3.18. The fourth-order valence-corrected chi connectivity index (χ4v) is 4.95. The van der Waals surface area contributed by atoms with E-state index in [9.17, 15) is 9.59 Å². The lowest BCUT2D eigenvalue weighted by molar-refractivity contribution is 0.1000. The number of primary amides is 1. The number of carbonyl (C=O) groups excluding carboxylic acids is 2. The second-order valence-corrected chi connectivity index (χ2v) is 7.83. The first-order chi connectivity index (χ1) is 11.5. The van der Waals surface area contributed by atoms with Gasteiger partial charge in [0, 0.05) is 11.1 Å². The number of hydrogen-bond acceptors (Lipinski definition) is 5. The number of nitrogens with zero attached hydrogens (tertiary/aromatic N) is 1. The highest BCUT2D eigenvalue weighted by atomic mass is 32.2. The maximum absolute atomic E-state index is 12.6. The van der Waals surface area contributed by atoms with Crippen LogP contribution in [0, 0.1) is 5.92 Å². The smallest absolute Gasteiger partial charge is 0.259 e. The quantitative estimate of drug-likeness (QED) is 0.818. The predicted molar refractivity (Wildman–Crippen MR) is 98.0 cm³/mol. The molecule has 2 aromatic rings. The van der Waals surface area contributed by atoms with Crippen LogP contribution in [0.4, 0.5) is 5.00 Å². The minimum absolute atomic E-state index is 0.262. The van der Waals surface area contributed by atoms with E-state index in [-0.39, 0.29) is 5.91 Å². The Balaban J connectivity index is 1.95. The average molecular weight is 361 g/mol. The molecular formula is C17H19N3O2S2. The molecular weight excluding hydrogens is 342 g/mol. The Morgan fingerprint density at radius 2 is 2.25 bits per heavy atom. The van der Waals surface area contributed by atoms with Crippen molar-refractivity contribution in [2.75, 3.05) is 11.6 Å². The van der Waals surface area contributed by atoms with Gasteiger partial charge in [-0.2, -0.15) is 0 Å². The number of anilines is 1. The molecule has 3 N–H and O–H groups in total. The van der Waals surface area contributed by atoms with Crippen LogP contribution in [-0.4, -0.2) is 23.1 Å². The number of amides is 2. The highest BCUT2D eigenvalue weighted by molar-refractivity contribution is 7.98. The maximum atomic E-state index is 12.6. The third-order valence-corrected chi connectivity index (χ3v) is 6.08. The fourth-order valence-electron chi connectivity index (χ4n) is 3.00. The van der Waals surface area contributed by atoms with Crippen molar-refractivity contribution in [1.29, 1.82) is 0 Å². The zero-order valence-corrected chi connectivity index (χ0v) is 15.2. The summed E-state index contributed by atoms with van der Waals surface area (Å²) in [4.78, 5) is 29.9. The van der Waals surface area contributed by atoms with Crippen LogP contribution in [0.15, 0.2) is 23.4 Å². The van der Waals surface area contributed by atoms with Gasteiger partial charge in [-0.05, 0) is 49.1 Å². The highest BCUT2D eigenvalue weighted by Gasteiger charge is 2.27. The van der Waals surface area contributed by atoms with Crippen LogP contribution in [0.3, 0.4) is 0 Å². The van der Waals surface area contributed by atoms with E-state index in [4.69, 9.17) is 5.73 Å². The molecule has 0 fully saturated rings. The number of nitrogens with two attached hydrogens (primary N) is 1. The van der Waals surface area contributed by atoms with Crippen LogP contribution < -0.4 is 11.1 Å². The normalized spacial score (nSPS) is 16.5. The van der Waals surface area contributed by atoms with Gasteiger partial charge in [-0.3, -0.25) is 9.59 Å². The molecule has 126 valence electrons. The Kier molecular flexibility index (Phi) is 4.91. The number of hydrogen-bond donors (Lipinski definition) is 2. The SMILES string of the molecule is CSc1ncccc1C(=O)Nc1sc2c(c1C(N)=O)CCC(C)C2. The van der Waals surface area contributed by atoms with Crippen molar-refractivity contribution < 1.29 is 9.59 Å². The van der Waals surface area contributed by atoms with E-state index in [2.05, 4.69) is 17.2 Å². The minimum Gasteiger partial charge on any atom is -0.365 e. The molecule has 0 aliphatic heterocycles. The largest absolute Gasteiger partial charge is 0.365 e. The number of nitrogens with one attached hydrogen (secondary N) is 1. The molecule has 0 saturated carbocycles. The number of carbonyl (C=O) groups is 2. The second-order valence-electron chi connectivity index (χ2n) is 5.93. The van der Waals surface area contributed by atoms with Crippen molar-refractivity contribution in [3.63, 3.8) is 0 Å². The summed E-state index contributed by atoms with van der Waals surface area (Å²) >= 11 is 2.88. The van der Waals surface area contributed by atoms with E-state index in [0.717, 1.165) is 29.7 Å². The van der Waals surface area contributed by atoms with Crippen molar-refractivity contribution in [3.05, 3.63) is 39.9 Å². The van der Waals surface area contributed by atoms with E-state index < -0.39 is 5.91 Å². The van der Waals surface area contributed by atoms with Gasteiger partial charge in [0.1, 0.15) is 10.0 Å². The van der Waals surface area contributed by atoms with E-state index in [0.29, 0.717) is 27.1 Å². The molecule has 5 nitrogen and oxygen atoms in total. The van der Waals surface area contributed by atoms with Gasteiger partial charge in [-0.15, -0.1) is 23.1 Å². The molecule has 1 aliphatic rings. The monoisotopic (exact) mass is 361 g/mol. The van der Waals surface area contributed by atoms with E-state index >= 15 is 0 Å². The first-order valence-corrected chi connectivity index (χ1v) is 9.80. The molecule has 1 aliphatic carbocycles. The molecule has 1 unspecified atom stereocenters. The number of thiophene rings is 1. The van der Waals surface area contributed by atoms with Crippen LogP contribution >= 0.6 is 23.1 Å². The number of fused-ring (bicyclic) bond motifs is 1. The molecule has 0 bridgehead atoms. The van der Waals surface area contributed by atoms with Crippen LogP contribution in [0.25, 0.3) is 0 Å². The zero-order chi connectivity index (χ0) is 17.3. The standard InChI is InChI=1S/C17H19N3O2S2/c1-9-5-6-10-12(8-9)24-17(13(10)14(18)21)20-15(22)11-4-3-7-19-16(11)23-2/h3-4,7,9H,5-6,8H2,1-2H3,(H2,18,21)(H,20,22). The van der Waals surface area contributed by atoms with Gasteiger partial charge in [0.05, 0.1) is 11.1 Å². The van der Waals surface area contributed by atoms with Gasteiger partial charge in [-0.1, -0.05) is 6.92 Å². The van der Waals surface area contributed by atoms with Crippen LogP contribution in [-0.2, 0) is 12.8 Å². The molecule has 0 saturated heterocycles. The Labute approximate surface area is 149 Å².